The topological polar surface area (TPSA) is 68.2 Å². The molecule has 0 spiro atoms. The summed E-state index contributed by atoms with van der Waals surface area (Å²) in [7, 11) is 0. The van der Waals surface area contributed by atoms with Gasteiger partial charge in [0.25, 0.3) is 0 Å². The van der Waals surface area contributed by atoms with Crippen LogP contribution in [0.2, 0.25) is 0 Å². The Kier molecular flexibility index (Phi) is 3.46. The summed E-state index contributed by atoms with van der Waals surface area (Å²) in [6.45, 7) is 2.73. The highest BCUT2D eigenvalue weighted by atomic mass is 16.3. The molecule has 0 bridgehead atoms. The van der Waals surface area contributed by atoms with Crippen LogP contribution in [0.25, 0.3) is 11.5 Å². The first kappa shape index (κ1) is 12.2. The monoisotopic (exact) mass is 258 g/mol. The van der Waals surface area contributed by atoms with Crippen molar-refractivity contribution in [3.8, 4) is 11.5 Å². The lowest BCUT2D eigenvalue weighted by Gasteiger charge is -2.31. The van der Waals surface area contributed by atoms with Crippen LogP contribution in [0.3, 0.4) is 0 Å². The normalized spacial score (nSPS) is 16.8. The van der Waals surface area contributed by atoms with E-state index >= 15 is 0 Å². The molecule has 0 aliphatic carbocycles. The van der Waals surface area contributed by atoms with Crippen LogP contribution in [0, 0.1) is 5.92 Å². The van der Waals surface area contributed by atoms with Crippen molar-refractivity contribution >= 4 is 5.95 Å². The molecule has 2 aromatic heterocycles. The van der Waals surface area contributed by atoms with Crippen molar-refractivity contribution in [1.29, 1.82) is 0 Å². The number of piperidine rings is 1. The van der Waals surface area contributed by atoms with Gasteiger partial charge in [-0.25, -0.2) is 9.97 Å². The molecule has 0 radical (unpaired) electrons. The zero-order valence-corrected chi connectivity index (χ0v) is 10.8. The fraction of sp³-hybridized carbons (Fsp3) is 0.429. The minimum absolute atomic E-state index is 0.643. The molecule has 2 aromatic rings. The van der Waals surface area contributed by atoms with Crippen LogP contribution in [-0.2, 0) is 0 Å². The summed E-state index contributed by atoms with van der Waals surface area (Å²) in [5.74, 6) is 2.20. The van der Waals surface area contributed by atoms with Crippen LogP contribution in [0.5, 0.6) is 0 Å². The Labute approximate surface area is 112 Å². The molecule has 3 heterocycles. The van der Waals surface area contributed by atoms with E-state index in [9.17, 15) is 0 Å². The summed E-state index contributed by atoms with van der Waals surface area (Å²) < 4.78 is 5.37. The van der Waals surface area contributed by atoms with Gasteiger partial charge in [-0.2, -0.15) is 0 Å². The van der Waals surface area contributed by atoms with Crippen molar-refractivity contribution in [2.45, 2.75) is 12.8 Å². The SMILES string of the molecule is NCC1CCN(c2nccc(-c3ccco3)n2)CC1. The predicted molar refractivity (Wildman–Crippen MR) is 73.7 cm³/mol. The number of nitrogens with zero attached hydrogens (tertiary/aromatic N) is 3. The highest BCUT2D eigenvalue weighted by Crippen LogP contribution is 2.22. The van der Waals surface area contributed by atoms with Crippen molar-refractivity contribution in [2.75, 3.05) is 24.5 Å². The van der Waals surface area contributed by atoms with Gasteiger partial charge in [0.15, 0.2) is 5.76 Å². The van der Waals surface area contributed by atoms with Crippen LogP contribution in [0.15, 0.2) is 35.1 Å². The van der Waals surface area contributed by atoms with E-state index < -0.39 is 0 Å². The summed E-state index contributed by atoms with van der Waals surface area (Å²) in [6, 6.07) is 5.64. The second-order valence-electron chi connectivity index (χ2n) is 4.89. The summed E-state index contributed by atoms with van der Waals surface area (Å²) in [5.41, 5.74) is 6.54. The summed E-state index contributed by atoms with van der Waals surface area (Å²) >= 11 is 0. The summed E-state index contributed by atoms with van der Waals surface area (Å²) in [5, 5.41) is 0. The molecule has 1 aliphatic heterocycles. The van der Waals surface area contributed by atoms with Gasteiger partial charge in [-0.1, -0.05) is 0 Å². The van der Waals surface area contributed by atoms with Gasteiger partial charge < -0.3 is 15.1 Å². The van der Waals surface area contributed by atoms with Crippen LogP contribution in [0.4, 0.5) is 5.95 Å². The van der Waals surface area contributed by atoms with Gasteiger partial charge in [0.1, 0.15) is 5.69 Å². The number of nitrogens with two attached hydrogens (primary N) is 1. The maximum Gasteiger partial charge on any atom is 0.225 e. The summed E-state index contributed by atoms with van der Waals surface area (Å²) in [6.07, 6.45) is 5.68. The van der Waals surface area contributed by atoms with E-state index in [0.29, 0.717) is 5.92 Å². The first-order valence-electron chi connectivity index (χ1n) is 6.69. The lowest BCUT2D eigenvalue weighted by molar-refractivity contribution is 0.411. The number of anilines is 1. The molecule has 1 aliphatic rings. The molecule has 0 amide bonds. The largest absolute Gasteiger partial charge is 0.463 e. The van der Waals surface area contributed by atoms with Gasteiger partial charge in [-0.15, -0.1) is 0 Å². The van der Waals surface area contributed by atoms with Crippen molar-refractivity contribution in [3.05, 3.63) is 30.7 Å². The molecule has 100 valence electrons. The van der Waals surface area contributed by atoms with E-state index in [2.05, 4.69) is 14.9 Å². The fourth-order valence-corrected chi connectivity index (χ4v) is 2.43. The maximum atomic E-state index is 5.71. The van der Waals surface area contributed by atoms with Crippen LogP contribution < -0.4 is 10.6 Å². The Hall–Kier alpha value is -1.88. The molecular weight excluding hydrogens is 240 g/mol. The third-order valence-corrected chi connectivity index (χ3v) is 3.65. The molecule has 19 heavy (non-hydrogen) atoms. The third kappa shape index (κ3) is 2.61. The van der Waals surface area contributed by atoms with E-state index in [-0.39, 0.29) is 0 Å². The van der Waals surface area contributed by atoms with Crippen LogP contribution >= 0.6 is 0 Å². The van der Waals surface area contributed by atoms with E-state index in [1.54, 1.807) is 12.5 Å². The van der Waals surface area contributed by atoms with Crippen molar-refractivity contribution in [2.24, 2.45) is 11.7 Å². The van der Waals surface area contributed by atoms with Gasteiger partial charge in [0, 0.05) is 19.3 Å². The van der Waals surface area contributed by atoms with Crippen LogP contribution in [0.1, 0.15) is 12.8 Å². The standard InChI is InChI=1S/C14H18N4O/c15-10-11-4-7-18(8-5-11)14-16-6-3-12(17-14)13-2-1-9-19-13/h1-3,6,9,11H,4-5,7-8,10,15H2. The third-order valence-electron chi connectivity index (χ3n) is 3.65. The first-order chi connectivity index (χ1) is 9.36. The Morgan fingerprint density at radius 3 is 2.84 bits per heavy atom. The lowest BCUT2D eigenvalue weighted by Crippen LogP contribution is -2.37. The average molecular weight is 258 g/mol. The fourth-order valence-electron chi connectivity index (χ4n) is 2.43. The molecule has 5 heteroatoms. The Morgan fingerprint density at radius 2 is 2.16 bits per heavy atom. The molecule has 0 aromatic carbocycles. The summed E-state index contributed by atoms with van der Waals surface area (Å²) in [4.78, 5) is 11.2. The Balaban J connectivity index is 1.77. The first-order valence-corrected chi connectivity index (χ1v) is 6.69. The second-order valence-corrected chi connectivity index (χ2v) is 4.89. The molecule has 0 saturated carbocycles. The number of hydrogen-bond acceptors (Lipinski definition) is 5. The molecule has 1 fully saturated rings. The zero-order chi connectivity index (χ0) is 13.1. The second kappa shape index (κ2) is 5.40. The van der Waals surface area contributed by atoms with E-state index in [1.807, 2.05) is 18.2 Å². The number of rotatable bonds is 3. The van der Waals surface area contributed by atoms with Crippen molar-refractivity contribution in [1.82, 2.24) is 9.97 Å². The van der Waals surface area contributed by atoms with Gasteiger partial charge in [0.05, 0.1) is 6.26 Å². The molecule has 5 nitrogen and oxygen atoms in total. The smallest absolute Gasteiger partial charge is 0.225 e. The van der Waals surface area contributed by atoms with Crippen LogP contribution in [-0.4, -0.2) is 29.6 Å². The number of furan rings is 1. The van der Waals surface area contributed by atoms with Gasteiger partial charge in [-0.05, 0) is 43.5 Å². The van der Waals surface area contributed by atoms with Crippen molar-refractivity contribution < 1.29 is 4.42 Å². The average Bonchev–Trinajstić information content (AvgIpc) is 3.02. The molecule has 1 saturated heterocycles. The van der Waals surface area contributed by atoms with E-state index in [0.717, 1.165) is 49.9 Å². The molecule has 0 unspecified atom stereocenters. The van der Waals surface area contributed by atoms with E-state index in [1.165, 1.54) is 0 Å². The Bertz CT molecular complexity index is 518. The molecule has 2 N–H and O–H groups in total. The van der Waals surface area contributed by atoms with Gasteiger partial charge in [-0.3, -0.25) is 0 Å². The van der Waals surface area contributed by atoms with Gasteiger partial charge >= 0.3 is 0 Å². The quantitative estimate of drug-likeness (QED) is 0.910. The number of hydrogen-bond donors (Lipinski definition) is 1. The zero-order valence-electron chi connectivity index (χ0n) is 10.8. The highest BCUT2D eigenvalue weighted by molar-refractivity contribution is 5.53. The molecule has 3 rings (SSSR count). The predicted octanol–water partition coefficient (Wildman–Crippen LogP) is 1.91. The van der Waals surface area contributed by atoms with E-state index in [4.69, 9.17) is 10.2 Å². The maximum absolute atomic E-state index is 5.71. The van der Waals surface area contributed by atoms with Crippen molar-refractivity contribution in [3.63, 3.8) is 0 Å². The molecule has 0 atom stereocenters. The van der Waals surface area contributed by atoms with Gasteiger partial charge in [0.2, 0.25) is 5.95 Å². The number of aromatic nitrogens is 2. The Morgan fingerprint density at radius 1 is 1.32 bits per heavy atom. The molecular formula is C14H18N4O. The minimum Gasteiger partial charge on any atom is -0.463 e. The minimum atomic E-state index is 0.643. The lowest BCUT2D eigenvalue weighted by atomic mass is 9.97. The highest BCUT2D eigenvalue weighted by Gasteiger charge is 2.20.